The maximum Gasteiger partial charge on any atom is 0.306 e. The summed E-state index contributed by atoms with van der Waals surface area (Å²) >= 11 is 0. The third kappa shape index (κ3) is 4.84. The van der Waals surface area contributed by atoms with Gasteiger partial charge in [0.2, 0.25) is 0 Å². The van der Waals surface area contributed by atoms with Gasteiger partial charge in [-0.05, 0) is 18.0 Å². The van der Waals surface area contributed by atoms with E-state index >= 15 is 0 Å². The number of ketones is 1. The van der Waals surface area contributed by atoms with Gasteiger partial charge in [-0.15, -0.1) is 0 Å². The molecule has 0 fully saturated rings. The summed E-state index contributed by atoms with van der Waals surface area (Å²) in [6, 6.07) is 0. The fourth-order valence-corrected chi connectivity index (χ4v) is 2.04. The van der Waals surface area contributed by atoms with Crippen LogP contribution in [0.4, 0.5) is 4.39 Å². The second kappa shape index (κ2) is 8.53. The Morgan fingerprint density at radius 3 is 2.68 bits per heavy atom. The highest BCUT2D eigenvalue weighted by Gasteiger charge is 2.23. The Kier molecular flexibility index (Phi) is 7.04. The largest absolute Gasteiger partial charge is 0.469 e. The number of rotatable bonds is 7. The van der Waals surface area contributed by atoms with Crippen molar-refractivity contribution < 1.29 is 28.2 Å². The van der Waals surface area contributed by atoms with Crippen LogP contribution < -0.4 is 0 Å². The SMILES string of the molecule is BC1=CCC(C(=O)C(C)CC(=O)OC)=CC(F)=C1OCOC. The first kappa shape index (κ1) is 18.2. The summed E-state index contributed by atoms with van der Waals surface area (Å²) in [5.41, 5.74) is 0.887. The number of hydrogen-bond donors (Lipinski definition) is 0. The van der Waals surface area contributed by atoms with Crippen LogP contribution in [0.2, 0.25) is 0 Å². The number of Topliss-reactive ketones (excluding diaryl/α,β-unsaturated/α-hetero) is 1. The van der Waals surface area contributed by atoms with Crippen LogP contribution in [0, 0.1) is 5.92 Å². The molecule has 0 saturated carbocycles. The van der Waals surface area contributed by atoms with Gasteiger partial charge in [-0.25, -0.2) is 4.39 Å². The van der Waals surface area contributed by atoms with E-state index in [2.05, 4.69) is 4.74 Å². The highest BCUT2D eigenvalue weighted by atomic mass is 19.1. The number of methoxy groups -OCH3 is 2. The van der Waals surface area contributed by atoms with Crippen LogP contribution >= 0.6 is 0 Å². The molecule has 22 heavy (non-hydrogen) atoms. The van der Waals surface area contributed by atoms with Crippen molar-refractivity contribution in [3.8, 4) is 0 Å². The topological polar surface area (TPSA) is 61.8 Å². The molecule has 5 nitrogen and oxygen atoms in total. The summed E-state index contributed by atoms with van der Waals surface area (Å²) in [6.45, 7) is 1.54. The number of carbonyl (C=O) groups excluding carboxylic acids is 2. The molecular weight excluding hydrogens is 290 g/mol. The molecule has 1 aliphatic rings. The quantitative estimate of drug-likeness (QED) is 0.404. The van der Waals surface area contributed by atoms with E-state index in [1.807, 2.05) is 0 Å². The first-order chi connectivity index (χ1) is 10.4. The molecule has 1 rings (SSSR count). The lowest BCUT2D eigenvalue weighted by atomic mass is 9.91. The second-order valence-corrected chi connectivity index (χ2v) is 5.03. The van der Waals surface area contributed by atoms with Crippen molar-refractivity contribution in [3.05, 3.63) is 34.8 Å². The van der Waals surface area contributed by atoms with Gasteiger partial charge in [-0.1, -0.05) is 13.0 Å². The van der Waals surface area contributed by atoms with E-state index in [-0.39, 0.29) is 31.2 Å². The van der Waals surface area contributed by atoms with Crippen LogP contribution in [0.25, 0.3) is 0 Å². The minimum atomic E-state index is -0.628. The summed E-state index contributed by atoms with van der Waals surface area (Å²) in [5.74, 6) is -1.89. The van der Waals surface area contributed by atoms with Crippen molar-refractivity contribution in [2.75, 3.05) is 21.0 Å². The van der Waals surface area contributed by atoms with Crippen LogP contribution in [0.15, 0.2) is 34.8 Å². The smallest absolute Gasteiger partial charge is 0.306 e. The molecule has 0 radical (unpaired) electrons. The van der Waals surface area contributed by atoms with Crippen LogP contribution in [0.5, 0.6) is 0 Å². The van der Waals surface area contributed by atoms with Gasteiger partial charge in [0.25, 0.3) is 0 Å². The van der Waals surface area contributed by atoms with Gasteiger partial charge < -0.3 is 14.2 Å². The summed E-state index contributed by atoms with van der Waals surface area (Å²) < 4.78 is 28.7. The van der Waals surface area contributed by atoms with Crippen LogP contribution in [0.3, 0.4) is 0 Å². The maximum atomic E-state index is 14.2. The lowest BCUT2D eigenvalue weighted by molar-refractivity contribution is -0.143. The predicted molar refractivity (Wildman–Crippen MR) is 81.2 cm³/mol. The lowest BCUT2D eigenvalue weighted by Crippen LogP contribution is -2.18. The van der Waals surface area contributed by atoms with Gasteiger partial charge in [-0.2, -0.15) is 0 Å². The van der Waals surface area contributed by atoms with Crippen LogP contribution in [-0.2, 0) is 23.8 Å². The van der Waals surface area contributed by atoms with Crippen LogP contribution in [0.1, 0.15) is 19.8 Å². The van der Waals surface area contributed by atoms with Crippen molar-refractivity contribution in [2.45, 2.75) is 19.8 Å². The first-order valence-corrected chi connectivity index (χ1v) is 6.90. The Hall–Kier alpha value is -1.89. The molecule has 0 aliphatic heterocycles. The molecule has 0 saturated heterocycles. The normalized spacial score (nSPS) is 16.4. The van der Waals surface area contributed by atoms with E-state index < -0.39 is 17.7 Å². The molecule has 1 atom stereocenters. The number of halogens is 1. The third-order valence-electron chi connectivity index (χ3n) is 3.29. The molecule has 1 unspecified atom stereocenters. The third-order valence-corrected chi connectivity index (χ3v) is 3.29. The van der Waals surface area contributed by atoms with Gasteiger partial charge in [0.15, 0.2) is 24.2 Å². The second-order valence-electron chi connectivity index (χ2n) is 5.03. The van der Waals surface area contributed by atoms with Gasteiger partial charge in [0.1, 0.15) is 7.85 Å². The molecule has 120 valence electrons. The fraction of sp³-hybridized carbons (Fsp3) is 0.467. The maximum absolute atomic E-state index is 14.2. The molecule has 0 bridgehead atoms. The van der Waals surface area contributed by atoms with Gasteiger partial charge in [-0.3, -0.25) is 9.59 Å². The molecule has 1 aliphatic carbocycles. The standard InChI is InChI=1S/C15H20BFO5/c1-9(6-13(18)21-3)14(19)10-4-5-11(16)15(12(17)7-10)22-8-20-2/h5,7,9H,4,6,8,16H2,1-3H3. The van der Waals surface area contributed by atoms with E-state index in [0.717, 1.165) is 6.08 Å². The van der Waals surface area contributed by atoms with Gasteiger partial charge in [0, 0.05) is 18.6 Å². The Morgan fingerprint density at radius 2 is 2.09 bits per heavy atom. The number of allylic oxidation sites excluding steroid dienone is 5. The zero-order valence-corrected chi connectivity index (χ0v) is 13.3. The van der Waals surface area contributed by atoms with E-state index in [1.165, 1.54) is 14.2 Å². The highest BCUT2D eigenvalue weighted by Crippen LogP contribution is 2.26. The molecule has 0 heterocycles. The number of carbonyl (C=O) groups is 2. The Labute approximate surface area is 130 Å². The van der Waals surface area contributed by atoms with E-state index in [4.69, 9.17) is 9.47 Å². The van der Waals surface area contributed by atoms with E-state index in [9.17, 15) is 14.0 Å². The molecule has 7 heteroatoms. The minimum absolute atomic E-state index is 0.0340. The number of ether oxygens (including phenoxy) is 3. The minimum Gasteiger partial charge on any atom is -0.469 e. The lowest BCUT2D eigenvalue weighted by Gasteiger charge is -2.10. The number of hydrogen-bond acceptors (Lipinski definition) is 5. The van der Waals surface area contributed by atoms with Crippen molar-refractivity contribution in [1.82, 2.24) is 0 Å². The zero-order valence-electron chi connectivity index (χ0n) is 13.3. The average Bonchev–Trinajstić information content (AvgIpc) is 2.63. The molecule has 0 aromatic heterocycles. The van der Waals surface area contributed by atoms with Gasteiger partial charge in [0.05, 0.1) is 13.5 Å². The summed E-state index contributed by atoms with van der Waals surface area (Å²) in [7, 11) is 4.40. The van der Waals surface area contributed by atoms with Crippen molar-refractivity contribution in [2.24, 2.45) is 5.92 Å². The molecule has 0 amide bonds. The summed E-state index contributed by atoms with van der Waals surface area (Å²) in [5, 5.41) is 0. The number of esters is 1. The Bertz CT molecular complexity index is 536. The van der Waals surface area contributed by atoms with Crippen molar-refractivity contribution in [3.63, 3.8) is 0 Å². The monoisotopic (exact) mass is 310 g/mol. The van der Waals surface area contributed by atoms with Crippen molar-refractivity contribution in [1.29, 1.82) is 0 Å². The Balaban J connectivity index is 2.94. The molecule has 0 spiro atoms. The van der Waals surface area contributed by atoms with Crippen LogP contribution in [-0.4, -0.2) is 40.6 Å². The molecule has 0 aromatic carbocycles. The zero-order chi connectivity index (χ0) is 16.7. The van der Waals surface area contributed by atoms with E-state index in [1.54, 1.807) is 20.8 Å². The molecule has 0 N–H and O–H groups in total. The van der Waals surface area contributed by atoms with Gasteiger partial charge >= 0.3 is 5.97 Å². The fourth-order valence-electron chi connectivity index (χ4n) is 2.04. The molecule has 0 aromatic rings. The molecular formula is C15H20BFO5. The highest BCUT2D eigenvalue weighted by molar-refractivity contribution is 6.24. The average molecular weight is 310 g/mol. The first-order valence-electron chi connectivity index (χ1n) is 6.90. The summed E-state index contributed by atoms with van der Waals surface area (Å²) in [4.78, 5) is 23.6. The predicted octanol–water partition coefficient (Wildman–Crippen LogP) is 1.40. The summed E-state index contributed by atoms with van der Waals surface area (Å²) in [6.07, 6.45) is 3.12. The Morgan fingerprint density at radius 1 is 1.41 bits per heavy atom. The van der Waals surface area contributed by atoms with E-state index in [0.29, 0.717) is 11.0 Å². The van der Waals surface area contributed by atoms with Crippen molar-refractivity contribution >= 4 is 19.6 Å².